The highest BCUT2D eigenvalue weighted by atomic mass is 16.4. The predicted molar refractivity (Wildman–Crippen MR) is 61.2 cm³/mol. The van der Waals surface area contributed by atoms with E-state index in [-0.39, 0.29) is 11.7 Å². The number of benzene rings is 1. The molecule has 2 aromatic heterocycles. The topological polar surface area (TPSA) is 100 Å². The van der Waals surface area contributed by atoms with Gasteiger partial charge in [0.1, 0.15) is 0 Å². The third-order valence-electron chi connectivity index (χ3n) is 2.52. The van der Waals surface area contributed by atoms with Crippen LogP contribution in [0.25, 0.3) is 17.0 Å². The van der Waals surface area contributed by atoms with Crippen molar-refractivity contribution in [3.63, 3.8) is 0 Å². The molecule has 0 aliphatic carbocycles. The molecular weight excluding hydrogens is 234 g/mol. The lowest BCUT2D eigenvalue weighted by atomic mass is 10.2. The molecule has 1 N–H and O–H groups in total. The molecule has 3 aromatic rings. The molecule has 0 saturated heterocycles. The molecule has 0 radical (unpaired) electrons. The summed E-state index contributed by atoms with van der Waals surface area (Å²) in [5, 5.41) is 16.3. The van der Waals surface area contributed by atoms with Gasteiger partial charge in [-0.05, 0) is 18.2 Å². The van der Waals surface area contributed by atoms with Gasteiger partial charge in [0, 0.05) is 6.92 Å². The summed E-state index contributed by atoms with van der Waals surface area (Å²) in [6.07, 6.45) is 0. The Kier molecular flexibility index (Phi) is 2.04. The zero-order valence-electron chi connectivity index (χ0n) is 9.34. The SMILES string of the molecule is Cc1nnc(-n2c(=O)[nH]c3cc(C#N)ccc32)o1. The molecule has 0 bridgehead atoms. The monoisotopic (exact) mass is 241 g/mol. The summed E-state index contributed by atoms with van der Waals surface area (Å²) in [5.41, 5.74) is 1.22. The number of rotatable bonds is 1. The van der Waals surface area contributed by atoms with Crippen LogP contribution in [0.3, 0.4) is 0 Å². The average Bonchev–Trinajstić information content (AvgIpc) is 2.90. The van der Waals surface area contributed by atoms with E-state index in [0.29, 0.717) is 22.5 Å². The van der Waals surface area contributed by atoms with Gasteiger partial charge in [0.05, 0.1) is 22.7 Å². The molecule has 7 heteroatoms. The van der Waals surface area contributed by atoms with Gasteiger partial charge in [-0.3, -0.25) is 0 Å². The molecule has 0 fully saturated rings. The normalized spacial score (nSPS) is 10.7. The number of aromatic nitrogens is 4. The van der Waals surface area contributed by atoms with E-state index in [9.17, 15) is 4.79 Å². The lowest BCUT2D eigenvalue weighted by molar-refractivity contribution is 0.495. The van der Waals surface area contributed by atoms with Gasteiger partial charge in [-0.2, -0.15) is 5.26 Å². The maximum absolute atomic E-state index is 11.8. The molecule has 2 heterocycles. The molecule has 18 heavy (non-hydrogen) atoms. The Hall–Kier alpha value is -2.88. The quantitative estimate of drug-likeness (QED) is 0.681. The molecule has 0 atom stereocenters. The van der Waals surface area contributed by atoms with Crippen LogP contribution in [0.2, 0.25) is 0 Å². The van der Waals surface area contributed by atoms with Crippen LogP contribution in [0.15, 0.2) is 27.4 Å². The first kappa shape index (κ1) is 10.3. The maximum Gasteiger partial charge on any atom is 0.334 e. The van der Waals surface area contributed by atoms with Crippen molar-refractivity contribution in [1.29, 1.82) is 5.26 Å². The standard InChI is InChI=1S/C11H7N5O2/c1-6-14-15-11(18-6)16-9-3-2-7(5-12)4-8(9)13-10(16)17/h2-4H,1H3,(H,13,17). The highest BCUT2D eigenvalue weighted by molar-refractivity contribution is 5.78. The Bertz CT molecular complexity index is 833. The summed E-state index contributed by atoms with van der Waals surface area (Å²) < 4.78 is 6.50. The summed E-state index contributed by atoms with van der Waals surface area (Å²) in [6.45, 7) is 1.64. The zero-order valence-corrected chi connectivity index (χ0v) is 9.34. The summed E-state index contributed by atoms with van der Waals surface area (Å²) in [7, 11) is 0. The number of H-pyrrole nitrogens is 1. The maximum atomic E-state index is 11.8. The third kappa shape index (κ3) is 1.40. The predicted octanol–water partition coefficient (Wildman–Crippen LogP) is 0.882. The fourth-order valence-electron chi connectivity index (χ4n) is 1.75. The van der Waals surface area contributed by atoms with E-state index < -0.39 is 0 Å². The molecule has 88 valence electrons. The van der Waals surface area contributed by atoms with Gasteiger partial charge in [-0.25, -0.2) is 9.36 Å². The largest absolute Gasteiger partial charge is 0.408 e. The van der Waals surface area contributed by atoms with Gasteiger partial charge < -0.3 is 9.40 Å². The van der Waals surface area contributed by atoms with Crippen molar-refractivity contribution in [2.45, 2.75) is 6.92 Å². The average molecular weight is 241 g/mol. The van der Waals surface area contributed by atoms with Crippen molar-refractivity contribution < 1.29 is 4.42 Å². The summed E-state index contributed by atoms with van der Waals surface area (Å²) in [5.74, 6) is 0.375. The Morgan fingerprint density at radius 3 is 2.94 bits per heavy atom. The lowest BCUT2D eigenvalue weighted by Crippen LogP contribution is -2.14. The number of hydrogen-bond acceptors (Lipinski definition) is 5. The van der Waals surface area contributed by atoms with Crippen LogP contribution < -0.4 is 5.69 Å². The van der Waals surface area contributed by atoms with Crippen molar-refractivity contribution >= 4 is 11.0 Å². The molecule has 0 saturated carbocycles. The summed E-state index contributed by atoms with van der Waals surface area (Å²) in [6, 6.07) is 6.99. The number of nitriles is 1. The lowest BCUT2D eigenvalue weighted by Gasteiger charge is -1.95. The fourth-order valence-corrected chi connectivity index (χ4v) is 1.75. The molecule has 0 spiro atoms. The summed E-state index contributed by atoms with van der Waals surface area (Å²) >= 11 is 0. The second kappa shape index (κ2) is 3.56. The van der Waals surface area contributed by atoms with Crippen LogP contribution in [-0.2, 0) is 0 Å². The Morgan fingerprint density at radius 1 is 1.44 bits per heavy atom. The number of aromatic amines is 1. The van der Waals surface area contributed by atoms with Gasteiger partial charge >= 0.3 is 11.7 Å². The first-order valence-corrected chi connectivity index (χ1v) is 5.14. The van der Waals surface area contributed by atoms with Crippen LogP contribution in [0.5, 0.6) is 0 Å². The van der Waals surface area contributed by atoms with E-state index in [1.165, 1.54) is 4.57 Å². The van der Waals surface area contributed by atoms with Crippen LogP contribution in [0.4, 0.5) is 0 Å². The highest BCUT2D eigenvalue weighted by Crippen LogP contribution is 2.15. The van der Waals surface area contributed by atoms with E-state index >= 15 is 0 Å². The number of imidazole rings is 1. The van der Waals surface area contributed by atoms with Gasteiger partial charge in [0.25, 0.3) is 0 Å². The number of hydrogen-bond donors (Lipinski definition) is 1. The second-order valence-electron chi connectivity index (χ2n) is 3.71. The van der Waals surface area contributed by atoms with Gasteiger partial charge in [0.15, 0.2) is 0 Å². The minimum atomic E-state index is -0.385. The van der Waals surface area contributed by atoms with Gasteiger partial charge in [-0.15, -0.1) is 5.10 Å². The number of nitrogens with zero attached hydrogens (tertiary/aromatic N) is 4. The first-order chi connectivity index (χ1) is 8.69. The minimum Gasteiger partial charge on any atom is -0.408 e. The minimum absolute atomic E-state index is 0.105. The van der Waals surface area contributed by atoms with Gasteiger partial charge in [0.2, 0.25) is 5.89 Å². The smallest absolute Gasteiger partial charge is 0.334 e. The zero-order chi connectivity index (χ0) is 12.7. The molecule has 0 unspecified atom stereocenters. The number of nitrogens with one attached hydrogen (secondary N) is 1. The Balaban J connectivity index is 2.34. The molecule has 0 aliphatic rings. The molecule has 0 aliphatic heterocycles. The van der Waals surface area contributed by atoms with Crippen LogP contribution >= 0.6 is 0 Å². The van der Waals surface area contributed by atoms with E-state index in [1.807, 2.05) is 6.07 Å². The van der Waals surface area contributed by atoms with Crippen molar-refractivity contribution in [2.24, 2.45) is 0 Å². The van der Waals surface area contributed by atoms with Crippen LogP contribution in [0.1, 0.15) is 11.5 Å². The van der Waals surface area contributed by atoms with Crippen molar-refractivity contribution in [3.8, 4) is 12.1 Å². The molecule has 3 rings (SSSR count). The van der Waals surface area contributed by atoms with Crippen molar-refractivity contribution in [1.82, 2.24) is 19.7 Å². The molecule has 0 amide bonds. The fraction of sp³-hybridized carbons (Fsp3) is 0.0909. The van der Waals surface area contributed by atoms with Crippen LogP contribution in [-0.4, -0.2) is 19.7 Å². The Morgan fingerprint density at radius 2 is 2.28 bits per heavy atom. The number of fused-ring (bicyclic) bond motifs is 1. The first-order valence-electron chi connectivity index (χ1n) is 5.14. The van der Waals surface area contributed by atoms with E-state index in [4.69, 9.17) is 9.68 Å². The molecule has 7 nitrogen and oxygen atoms in total. The van der Waals surface area contributed by atoms with Gasteiger partial charge in [-0.1, -0.05) is 5.10 Å². The molecule has 1 aromatic carbocycles. The third-order valence-corrected chi connectivity index (χ3v) is 2.52. The second-order valence-corrected chi connectivity index (χ2v) is 3.71. The van der Waals surface area contributed by atoms with E-state index in [2.05, 4.69) is 15.2 Å². The summed E-state index contributed by atoms with van der Waals surface area (Å²) in [4.78, 5) is 14.5. The highest BCUT2D eigenvalue weighted by Gasteiger charge is 2.13. The van der Waals surface area contributed by atoms with E-state index in [1.54, 1.807) is 25.1 Å². The number of aryl methyl sites for hydroxylation is 1. The van der Waals surface area contributed by atoms with Crippen molar-refractivity contribution in [3.05, 3.63) is 40.1 Å². The van der Waals surface area contributed by atoms with E-state index in [0.717, 1.165) is 0 Å². The van der Waals surface area contributed by atoms with Crippen molar-refractivity contribution in [2.75, 3.05) is 0 Å². The molecular formula is C11H7N5O2. The van der Waals surface area contributed by atoms with Crippen LogP contribution in [0, 0.1) is 18.3 Å². The Labute approximate surface area is 100 Å².